The van der Waals surface area contributed by atoms with E-state index in [4.69, 9.17) is 11.6 Å². The summed E-state index contributed by atoms with van der Waals surface area (Å²) in [4.78, 5) is 55.4. The minimum absolute atomic E-state index is 0.00429. The van der Waals surface area contributed by atoms with E-state index in [2.05, 4.69) is 25.9 Å². The number of hydrogen-bond donors (Lipinski definition) is 4. The van der Waals surface area contributed by atoms with Gasteiger partial charge in [-0.1, -0.05) is 17.7 Å². The first-order valence-corrected chi connectivity index (χ1v) is 10.1. The van der Waals surface area contributed by atoms with Crippen LogP contribution in [-0.2, 0) is 9.59 Å². The van der Waals surface area contributed by atoms with Crippen LogP contribution in [0.4, 0.5) is 28.8 Å². The molecule has 0 bridgehead atoms. The van der Waals surface area contributed by atoms with Crippen molar-refractivity contribution in [2.75, 3.05) is 16.0 Å². The molecule has 1 atom stereocenters. The van der Waals surface area contributed by atoms with Crippen LogP contribution >= 0.6 is 11.6 Å². The lowest BCUT2D eigenvalue weighted by Gasteiger charge is -2.23. The van der Waals surface area contributed by atoms with Crippen LogP contribution in [0.1, 0.15) is 23.5 Å². The fraction of sp³-hybridized carbons (Fsp3) is 0.143. The quantitative estimate of drug-likeness (QED) is 0.329. The zero-order chi connectivity index (χ0) is 23.7. The Hall–Kier alpha value is -4.25. The number of amides is 2. The summed E-state index contributed by atoms with van der Waals surface area (Å²) in [6, 6.07) is 10.9. The Morgan fingerprint density at radius 2 is 1.88 bits per heavy atom. The number of nitro groups is 1. The number of hydrogen-bond acceptors (Lipinski definition) is 7. The molecule has 2 heterocycles. The van der Waals surface area contributed by atoms with Crippen molar-refractivity contribution < 1.29 is 14.5 Å². The molecule has 3 aromatic rings. The first-order chi connectivity index (χ1) is 15.7. The molecule has 4 rings (SSSR count). The predicted molar refractivity (Wildman–Crippen MR) is 122 cm³/mol. The Labute approximate surface area is 191 Å². The Morgan fingerprint density at radius 3 is 2.58 bits per heavy atom. The van der Waals surface area contributed by atoms with Crippen molar-refractivity contribution in [3.8, 4) is 0 Å². The Morgan fingerprint density at radius 1 is 1.18 bits per heavy atom. The molecule has 168 valence electrons. The number of nitrogens with one attached hydrogen (secondary N) is 4. The minimum Gasteiger partial charge on any atom is -0.326 e. The van der Waals surface area contributed by atoms with Gasteiger partial charge in [0, 0.05) is 34.4 Å². The summed E-state index contributed by atoms with van der Waals surface area (Å²) < 4.78 is 0. The molecule has 0 spiro atoms. The zero-order valence-corrected chi connectivity index (χ0v) is 17.9. The van der Waals surface area contributed by atoms with E-state index in [0.29, 0.717) is 16.3 Å². The molecule has 4 N–H and O–H groups in total. The minimum atomic E-state index is -1.13. The third kappa shape index (κ3) is 4.67. The van der Waals surface area contributed by atoms with Crippen LogP contribution in [0.5, 0.6) is 0 Å². The third-order valence-electron chi connectivity index (χ3n) is 5.05. The average molecular weight is 469 g/mol. The van der Waals surface area contributed by atoms with Crippen LogP contribution < -0.4 is 21.5 Å². The van der Waals surface area contributed by atoms with Crippen LogP contribution in [0.2, 0.25) is 5.02 Å². The van der Waals surface area contributed by atoms with E-state index in [1.54, 1.807) is 31.2 Å². The van der Waals surface area contributed by atoms with E-state index in [-0.39, 0.29) is 35.1 Å². The van der Waals surface area contributed by atoms with Crippen molar-refractivity contribution in [3.63, 3.8) is 0 Å². The molecular weight excluding hydrogens is 452 g/mol. The summed E-state index contributed by atoms with van der Waals surface area (Å²) in [6.45, 7) is 1.58. The van der Waals surface area contributed by atoms with E-state index < -0.39 is 28.2 Å². The number of aryl methyl sites for hydroxylation is 1. The molecule has 1 aliphatic heterocycles. The lowest BCUT2D eigenvalue weighted by molar-refractivity contribution is -0.385. The smallest absolute Gasteiger partial charge is 0.274 e. The van der Waals surface area contributed by atoms with Gasteiger partial charge in [-0.05, 0) is 37.3 Å². The molecule has 0 aliphatic carbocycles. The number of carbonyl (C=O) groups excluding carboxylic acids is 2. The number of carbonyl (C=O) groups is 2. The first-order valence-electron chi connectivity index (χ1n) is 9.74. The Bertz CT molecular complexity index is 1340. The number of anilines is 4. The third-order valence-corrected chi connectivity index (χ3v) is 5.30. The molecule has 2 amide bonds. The SMILES string of the molecule is Cc1ccc(NC(=O)[C@H]2CC(=O)Nc3nc(Nc4ccc(Cl)cc4)[nH]c(=O)c32)cc1[N+](=O)[O-]. The molecule has 0 saturated heterocycles. The van der Waals surface area contributed by atoms with Gasteiger partial charge in [-0.25, -0.2) is 0 Å². The number of nitrogens with zero attached hydrogens (tertiary/aromatic N) is 2. The molecular formula is C21H17ClN6O5. The van der Waals surface area contributed by atoms with Crippen LogP contribution in [0.3, 0.4) is 0 Å². The highest BCUT2D eigenvalue weighted by atomic mass is 35.5. The second-order valence-electron chi connectivity index (χ2n) is 7.36. The maximum absolute atomic E-state index is 12.9. The standard InChI is InChI=1S/C21H17ClN6O5/c1-10-2-5-13(8-15(10)28(32)33)23-19(30)14-9-16(29)25-18-17(14)20(31)27-21(26-18)24-12-6-3-11(22)4-7-12/h2-8,14H,9H2,1H3,(H,23,30)(H3,24,25,26,27,29,31)/t14-/m0/s1. The number of aromatic amines is 1. The monoisotopic (exact) mass is 468 g/mol. The fourth-order valence-electron chi connectivity index (χ4n) is 3.44. The highest BCUT2D eigenvalue weighted by molar-refractivity contribution is 6.30. The molecule has 1 aromatic heterocycles. The van der Waals surface area contributed by atoms with E-state index in [1.807, 2.05) is 0 Å². The molecule has 12 heteroatoms. The molecule has 0 saturated carbocycles. The number of benzene rings is 2. The van der Waals surface area contributed by atoms with Gasteiger partial charge in [0.25, 0.3) is 11.2 Å². The van der Waals surface area contributed by atoms with E-state index >= 15 is 0 Å². The van der Waals surface area contributed by atoms with Crippen LogP contribution in [-0.4, -0.2) is 26.7 Å². The molecule has 0 unspecified atom stereocenters. The number of H-pyrrole nitrogens is 1. The van der Waals surface area contributed by atoms with Gasteiger partial charge >= 0.3 is 0 Å². The molecule has 0 radical (unpaired) electrons. The van der Waals surface area contributed by atoms with Crippen LogP contribution in [0.15, 0.2) is 47.3 Å². The lowest BCUT2D eigenvalue weighted by Crippen LogP contribution is -2.36. The van der Waals surface area contributed by atoms with E-state index in [0.717, 1.165) is 0 Å². The van der Waals surface area contributed by atoms with Crippen molar-refractivity contribution in [2.24, 2.45) is 0 Å². The van der Waals surface area contributed by atoms with Gasteiger partial charge in [-0.3, -0.25) is 29.5 Å². The molecule has 11 nitrogen and oxygen atoms in total. The summed E-state index contributed by atoms with van der Waals surface area (Å²) in [5.74, 6) is -2.25. The second-order valence-corrected chi connectivity index (χ2v) is 7.80. The summed E-state index contributed by atoms with van der Waals surface area (Å²) in [6.07, 6.45) is -0.276. The zero-order valence-electron chi connectivity index (χ0n) is 17.1. The Balaban J connectivity index is 1.63. The second kappa shape index (κ2) is 8.71. The van der Waals surface area contributed by atoms with Gasteiger partial charge in [0.05, 0.1) is 16.4 Å². The van der Waals surface area contributed by atoms with Crippen molar-refractivity contribution >= 4 is 52.2 Å². The molecule has 33 heavy (non-hydrogen) atoms. The van der Waals surface area contributed by atoms with Gasteiger partial charge < -0.3 is 16.0 Å². The summed E-state index contributed by atoms with van der Waals surface area (Å²) in [5.41, 5.74) is 0.436. The van der Waals surface area contributed by atoms with Crippen molar-refractivity contribution in [1.29, 1.82) is 0 Å². The van der Waals surface area contributed by atoms with Gasteiger partial charge in [-0.15, -0.1) is 0 Å². The van der Waals surface area contributed by atoms with Crippen molar-refractivity contribution in [1.82, 2.24) is 9.97 Å². The van der Waals surface area contributed by atoms with Crippen molar-refractivity contribution in [2.45, 2.75) is 19.3 Å². The molecule has 1 aliphatic rings. The predicted octanol–water partition coefficient (Wildman–Crippen LogP) is 3.45. The fourth-order valence-corrected chi connectivity index (χ4v) is 3.56. The number of halogens is 1. The average Bonchev–Trinajstić information content (AvgIpc) is 2.75. The van der Waals surface area contributed by atoms with Crippen LogP contribution in [0, 0.1) is 17.0 Å². The van der Waals surface area contributed by atoms with Crippen molar-refractivity contribution in [3.05, 3.63) is 79.1 Å². The maximum atomic E-state index is 12.9. The topological polar surface area (TPSA) is 159 Å². The summed E-state index contributed by atoms with van der Waals surface area (Å²) in [5, 5.41) is 19.7. The van der Waals surface area contributed by atoms with E-state index in [1.165, 1.54) is 18.2 Å². The van der Waals surface area contributed by atoms with Gasteiger partial charge in [-0.2, -0.15) is 4.98 Å². The number of fused-ring (bicyclic) bond motifs is 1. The largest absolute Gasteiger partial charge is 0.326 e. The van der Waals surface area contributed by atoms with Gasteiger partial charge in [0.1, 0.15) is 5.82 Å². The highest BCUT2D eigenvalue weighted by Gasteiger charge is 2.35. The molecule has 0 fully saturated rings. The molecule has 2 aromatic carbocycles. The normalized spacial score (nSPS) is 14.7. The Kier molecular flexibility index (Phi) is 5.80. The van der Waals surface area contributed by atoms with Crippen LogP contribution in [0.25, 0.3) is 0 Å². The number of aromatic nitrogens is 2. The van der Waals surface area contributed by atoms with E-state index in [9.17, 15) is 24.5 Å². The van der Waals surface area contributed by atoms with Gasteiger partial charge in [0.15, 0.2) is 0 Å². The summed E-state index contributed by atoms with van der Waals surface area (Å²) >= 11 is 5.87. The summed E-state index contributed by atoms with van der Waals surface area (Å²) in [7, 11) is 0. The maximum Gasteiger partial charge on any atom is 0.274 e. The first kappa shape index (κ1) is 22.0. The number of rotatable bonds is 5. The van der Waals surface area contributed by atoms with Gasteiger partial charge in [0.2, 0.25) is 17.8 Å². The lowest BCUT2D eigenvalue weighted by atomic mass is 9.92. The highest BCUT2D eigenvalue weighted by Crippen LogP contribution is 2.31. The number of nitro benzene ring substituents is 1.